The number of halogens is 3. The highest BCUT2D eigenvalue weighted by molar-refractivity contribution is 5.81. The van der Waals surface area contributed by atoms with Gasteiger partial charge < -0.3 is 15.5 Å². The van der Waals surface area contributed by atoms with Crippen LogP contribution in [0.4, 0.5) is 13.2 Å². The summed E-state index contributed by atoms with van der Waals surface area (Å²) >= 11 is 0. The van der Waals surface area contributed by atoms with Crippen LogP contribution >= 0.6 is 0 Å². The van der Waals surface area contributed by atoms with Gasteiger partial charge in [0.2, 0.25) is 0 Å². The van der Waals surface area contributed by atoms with Gasteiger partial charge >= 0.3 is 6.18 Å². The van der Waals surface area contributed by atoms with Crippen LogP contribution in [0.25, 0.3) is 11.0 Å². The van der Waals surface area contributed by atoms with E-state index in [4.69, 9.17) is 10.2 Å². The number of rotatable bonds is 4. The molecular weight excluding hydrogens is 245 g/mol. The molecule has 18 heavy (non-hydrogen) atoms. The van der Waals surface area contributed by atoms with Gasteiger partial charge in [-0.2, -0.15) is 13.2 Å². The van der Waals surface area contributed by atoms with Crippen molar-refractivity contribution >= 4 is 11.0 Å². The molecule has 0 aliphatic heterocycles. The lowest BCUT2D eigenvalue weighted by Crippen LogP contribution is -2.35. The van der Waals surface area contributed by atoms with Gasteiger partial charge in [-0.3, -0.25) is 0 Å². The van der Waals surface area contributed by atoms with Crippen molar-refractivity contribution in [3.05, 3.63) is 36.1 Å². The average molecular weight is 258 g/mol. The molecule has 1 heterocycles. The lowest BCUT2D eigenvalue weighted by Gasteiger charge is -2.17. The van der Waals surface area contributed by atoms with Crippen LogP contribution in [0.1, 0.15) is 11.6 Å². The molecule has 98 valence electrons. The molecule has 0 aliphatic rings. The molecule has 0 saturated carbocycles. The fraction of sp³-hybridized carbons (Fsp3) is 0.333. The molecule has 1 unspecified atom stereocenters. The van der Waals surface area contributed by atoms with Crippen LogP contribution in [0.2, 0.25) is 0 Å². The average Bonchev–Trinajstić information content (AvgIpc) is 2.73. The van der Waals surface area contributed by atoms with Gasteiger partial charge in [-0.25, -0.2) is 0 Å². The minimum absolute atomic E-state index is 0.0691. The van der Waals surface area contributed by atoms with Crippen LogP contribution in [-0.2, 0) is 0 Å². The fourth-order valence-electron chi connectivity index (χ4n) is 1.83. The van der Waals surface area contributed by atoms with E-state index in [1.165, 1.54) is 6.26 Å². The molecule has 0 bridgehead atoms. The predicted octanol–water partition coefficient (Wildman–Crippen LogP) is 2.58. The number of para-hydroxylation sites is 1. The van der Waals surface area contributed by atoms with Gasteiger partial charge in [-0.1, -0.05) is 18.2 Å². The second-order valence-electron chi connectivity index (χ2n) is 3.97. The van der Waals surface area contributed by atoms with E-state index in [0.29, 0.717) is 11.1 Å². The van der Waals surface area contributed by atoms with E-state index in [1.807, 2.05) is 0 Å². The summed E-state index contributed by atoms with van der Waals surface area (Å²) in [7, 11) is 0. The minimum Gasteiger partial charge on any atom is -0.464 e. The molecule has 0 spiro atoms. The molecule has 3 N–H and O–H groups in total. The Hall–Kier alpha value is -1.53. The SMILES string of the molecule is NCC(NCC(F)(F)F)c1coc2ccccc12. The highest BCUT2D eigenvalue weighted by Crippen LogP contribution is 2.26. The Morgan fingerprint density at radius 1 is 1.28 bits per heavy atom. The summed E-state index contributed by atoms with van der Waals surface area (Å²) in [6, 6.07) is 6.59. The quantitative estimate of drug-likeness (QED) is 0.886. The van der Waals surface area contributed by atoms with Gasteiger partial charge in [0.15, 0.2) is 0 Å². The van der Waals surface area contributed by atoms with Crippen molar-refractivity contribution in [2.45, 2.75) is 12.2 Å². The van der Waals surface area contributed by atoms with Gasteiger partial charge in [-0.05, 0) is 6.07 Å². The van der Waals surface area contributed by atoms with Crippen LogP contribution in [0, 0.1) is 0 Å². The van der Waals surface area contributed by atoms with Gasteiger partial charge in [0.25, 0.3) is 0 Å². The highest BCUT2D eigenvalue weighted by atomic mass is 19.4. The summed E-state index contributed by atoms with van der Waals surface area (Å²) in [5.41, 5.74) is 6.80. The Morgan fingerprint density at radius 2 is 2.00 bits per heavy atom. The van der Waals surface area contributed by atoms with Crippen molar-refractivity contribution in [1.82, 2.24) is 5.32 Å². The molecule has 6 heteroatoms. The zero-order valence-corrected chi connectivity index (χ0v) is 9.50. The van der Waals surface area contributed by atoms with E-state index in [0.717, 1.165) is 5.39 Å². The van der Waals surface area contributed by atoms with Crippen LogP contribution < -0.4 is 11.1 Å². The molecule has 0 aliphatic carbocycles. The van der Waals surface area contributed by atoms with Crippen molar-refractivity contribution in [2.75, 3.05) is 13.1 Å². The first-order valence-electron chi connectivity index (χ1n) is 5.47. The number of fused-ring (bicyclic) bond motifs is 1. The molecule has 2 aromatic rings. The topological polar surface area (TPSA) is 51.2 Å². The Balaban J connectivity index is 2.22. The molecule has 1 aromatic carbocycles. The Bertz CT molecular complexity index is 521. The molecule has 0 radical (unpaired) electrons. The van der Waals surface area contributed by atoms with Gasteiger partial charge in [0.05, 0.1) is 12.8 Å². The number of hydrogen-bond donors (Lipinski definition) is 2. The van der Waals surface area contributed by atoms with Crippen molar-refractivity contribution in [1.29, 1.82) is 0 Å². The number of alkyl halides is 3. The monoisotopic (exact) mass is 258 g/mol. The fourth-order valence-corrected chi connectivity index (χ4v) is 1.83. The van der Waals surface area contributed by atoms with E-state index in [2.05, 4.69) is 5.32 Å². The molecule has 0 saturated heterocycles. The van der Waals surface area contributed by atoms with E-state index < -0.39 is 18.8 Å². The lowest BCUT2D eigenvalue weighted by molar-refractivity contribution is -0.126. The molecular formula is C12H13F3N2O. The van der Waals surface area contributed by atoms with Crippen molar-refractivity contribution in [2.24, 2.45) is 5.73 Å². The second kappa shape index (κ2) is 4.99. The molecule has 1 atom stereocenters. The summed E-state index contributed by atoms with van der Waals surface area (Å²) in [5, 5.41) is 3.17. The molecule has 0 amide bonds. The smallest absolute Gasteiger partial charge is 0.401 e. The maximum atomic E-state index is 12.2. The second-order valence-corrected chi connectivity index (χ2v) is 3.97. The summed E-state index contributed by atoms with van der Waals surface area (Å²) in [6.45, 7) is -1.01. The Labute approximate surface area is 102 Å². The van der Waals surface area contributed by atoms with E-state index >= 15 is 0 Å². The third-order valence-electron chi connectivity index (χ3n) is 2.67. The van der Waals surface area contributed by atoms with Crippen LogP contribution in [-0.4, -0.2) is 19.3 Å². The number of hydrogen-bond acceptors (Lipinski definition) is 3. The summed E-state index contributed by atoms with van der Waals surface area (Å²) in [4.78, 5) is 0. The first-order chi connectivity index (χ1) is 8.51. The van der Waals surface area contributed by atoms with Gasteiger partial charge in [0.1, 0.15) is 5.58 Å². The van der Waals surface area contributed by atoms with Gasteiger partial charge in [0, 0.05) is 23.5 Å². The number of furan rings is 1. The predicted molar refractivity (Wildman–Crippen MR) is 62.1 cm³/mol. The largest absolute Gasteiger partial charge is 0.464 e. The standard InChI is InChI=1S/C12H13F3N2O/c13-12(14,15)7-17-10(5-16)9-6-18-11-4-2-1-3-8(9)11/h1-4,6,10,17H,5,7,16H2. The molecule has 3 nitrogen and oxygen atoms in total. The normalized spacial score (nSPS) is 14.0. The molecule has 1 aromatic heterocycles. The highest BCUT2D eigenvalue weighted by Gasteiger charge is 2.28. The molecule has 2 rings (SSSR count). The van der Waals surface area contributed by atoms with Gasteiger partial charge in [-0.15, -0.1) is 0 Å². The minimum atomic E-state index is -4.26. The van der Waals surface area contributed by atoms with Crippen molar-refractivity contribution < 1.29 is 17.6 Å². The molecule has 0 fully saturated rings. The van der Waals surface area contributed by atoms with Crippen LogP contribution in [0.5, 0.6) is 0 Å². The first kappa shape index (κ1) is 12.9. The van der Waals surface area contributed by atoms with E-state index in [9.17, 15) is 13.2 Å². The third kappa shape index (κ3) is 2.83. The van der Waals surface area contributed by atoms with Crippen molar-refractivity contribution in [3.63, 3.8) is 0 Å². The zero-order chi connectivity index (χ0) is 13.2. The van der Waals surface area contributed by atoms with Crippen molar-refractivity contribution in [3.8, 4) is 0 Å². The van der Waals surface area contributed by atoms with E-state index in [1.54, 1.807) is 24.3 Å². The van der Waals surface area contributed by atoms with Crippen LogP contribution in [0.3, 0.4) is 0 Å². The van der Waals surface area contributed by atoms with Crippen LogP contribution in [0.15, 0.2) is 34.9 Å². The summed E-state index contributed by atoms with van der Waals surface area (Å²) < 4.78 is 41.8. The zero-order valence-electron chi connectivity index (χ0n) is 9.50. The summed E-state index contributed by atoms with van der Waals surface area (Å²) in [6.07, 6.45) is -2.81. The lowest BCUT2D eigenvalue weighted by atomic mass is 10.1. The third-order valence-corrected chi connectivity index (χ3v) is 2.67. The summed E-state index contributed by atoms with van der Waals surface area (Å²) in [5.74, 6) is 0. The first-order valence-corrected chi connectivity index (χ1v) is 5.47. The maximum Gasteiger partial charge on any atom is 0.401 e. The number of benzene rings is 1. The Kier molecular flexibility index (Phi) is 3.58. The number of nitrogens with one attached hydrogen (secondary N) is 1. The maximum absolute atomic E-state index is 12.2. The Morgan fingerprint density at radius 3 is 2.67 bits per heavy atom. The van der Waals surface area contributed by atoms with E-state index in [-0.39, 0.29) is 6.54 Å². The number of nitrogens with two attached hydrogens (primary N) is 1.